The second kappa shape index (κ2) is 9.89. The van der Waals surface area contributed by atoms with Gasteiger partial charge in [0.2, 0.25) is 0 Å². The van der Waals surface area contributed by atoms with Crippen LogP contribution in [0.1, 0.15) is 5.56 Å². The zero-order valence-electron chi connectivity index (χ0n) is 16.6. The molecule has 0 aliphatic carbocycles. The average Bonchev–Trinajstić information content (AvgIpc) is 2.73. The fraction of sp³-hybridized carbons (Fsp3) is 0.130. The maximum atomic E-state index is 13.6. The van der Waals surface area contributed by atoms with E-state index in [2.05, 4.69) is 10.3 Å². The number of nitrogens with zero attached hydrogens (tertiary/aromatic N) is 2. The Hall–Kier alpha value is -3.38. The van der Waals surface area contributed by atoms with Crippen LogP contribution in [0.15, 0.2) is 71.7 Å². The standard InChI is InChI=1S/C23H21ClFN3O2/c1-28(2)18-10-8-17(9-11-18)26-14-16-7-12-22(19(24)13-16)30-15-23(29)27-21-6-4-3-5-20(21)25/h3-14H,15H2,1-2H3,(H,27,29). The first-order chi connectivity index (χ1) is 14.4. The maximum Gasteiger partial charge on any atom is 0.262 e. The minimum absolute atomic E-state index is 0.0994. The summed E-state index contributed by atoms with van der Waals surface area (Å²) in [5, 5.41) is 2.80. The summed E-state index contributed by atoms with van der Waals surface area (Å²) in [5.74, 6) is -0.639. The number of anilines is 2. The Morgan fingerprint density at radius 3 is 2.53 bits per heavy atom. The minimum atomic E-state index is -0.510. The normalized spacial score (nSPS) is 10.8. The Labute approximate surface area is 179 Å². The van der Waals surface area contributed by atoms with Crippen LogP contribution in [0.25, 0.3) is 0 Å². The molecule has 0 aromatic heterocycles. The summed E-state index contributed by atoms with van der Waals surface area (Å²) in [4.78, 5) is 18.4. The highest BCUT2D eigenvalue weighted by atomic mass is 35.5. The van der Waals surface area contributed by atoms with Crippen molar-refractivity contribution < 1.29 is 13.9 Å². The highest BCUT2D eigenvalue weighted by molar-refractivity contribution is 6.32. The molecule has 0 bridgehead atoms. The predicted octanol–water partition coefficient (Wildman–Crippen LogP) is 5.31. The Balaban J connectivity index is 1.58. The van der Waals surface area contributed by atoms with Crippen LogP contribution in [-0.2, 0) is 4.79 Å². The van der Waals surface area contributed by atoms with Gasteiger partial charge in [0, 0.05) is 26.0 Å². The Bertz CT molecular complexity index is 1050. The molecule has 3 aromatic carbocycles. The molecule has 3 rings (SSSR count). The molecule has 0 aliphatic rings. The predicted molar refractivity (Wildman–Crippen MR) is 120 cm³/mol. The van der Waals surface area contributed by atoms with Crippen molar-refractivity contribution in [2.75, 3.05) is 30.9 Å². The third-order valence-electron chi connectivity index (χ3n) is 4.19. The second-order valence-corrected chi connectivity index (χ2v) is 7.08. The lowest BCUT2D eigenvalue weighted by molar-refractivity contribution is -0.118. The zero-order valence-corrected chi connectivity index (χ0v) is 17.4. The molecule has 3 aromatic rings. The molecule has 154 valence electrons. The molecule has 0 saturated carbocycles. The fourth-order valence-corrected chi connectivity index (χ4v) is 2.84. The van der Waals surface area contributed by atoms with Crippen LogP contribution in [0.2, 0.25) is 5.02 Å². The third-order valence-corrected chi connectivity index (χ3v) is 4.49. The summed E-state index contributed by atoms with van der Waals surface area (Å²) in [7, 11) is 3.96. The van der Waals surface area contributed by atoms with Crippen LogP contribution in [0, 0.1) is 5.82 Å². The van der Waals surface area contributed by atoms with Gasteiger partial charge in [-0.2, -0.15) is 0 Å². The number of carbonyl (C=O) groups is 1. The van der Waals surface area contributed by atoms with E-state index in [9.17, 15) is 9.18 Å². The molecule has 0 aliphatic heterocycles. The lowest BCUT2D eigenvalue weighted by atomic mass is 10.2. The molecule has 0 radical (unpaired) electrons. The number of hydrogen-bond donors (Lipinski definition) is 1. The van der Waals surface area contributed by atoms with Gasteiger partial charge in [-0.15, -0.1) is 0 Å². The van der Waals surface area contributed by atoms with Crippen molar-refractivity contribution in [2.45, 2.75) is 0 Å². The van der Waals surface area contributed by atoms with Crippen molar-refractivity contribution in [1.29, 1.82) is 0 Å². The lowest BCUT2D eigenvalue weighted by Gasteiger charge is -2.11. The largest absolute Gasteiger partial charge is 0.482 e. The van der Waals surface area contributed by atoms with Gasteiger partial charge in [-0.25, -0.2) is 4.39 Å². The topological polar surface area (TPSA) is 53.9 Å². The van der Waals surface area contributed by atoms with Crippen LogP contribution in [0.3, 0.4) is 0 Å². The number of carbonyl (C=O) groups excluding carboxylic acids is 1. The number of rotatable bonds is 7. The van der Waals surface area contributed by atoms with Crippen molar-refractivity contribution in [2.24, 2.45) is 4.99 Å². The van der Waals surface area contributed by atoms with Gasteiger partial charge >= 0.3 is 0 Å². The van der Waals surface area contributed by atoms with E-state index in [1.54, 1.807) is 36.5 Å². The molecule has 7 heteroatoms. The van der Waals surface area contributed by atoms with E-state index >= 15 is 0 Å². The van der Waals surface area contributed by atoms with Crippen molar-refractivity contribution in [3.63, 3.8) is 0 Å². The molecular weight excluding hydrogens is 405 g/mol. The fourth-order valence-electron chi connectivity index (χ4n) is 2.59. The van der Waals surface area contributed by atoms with E-state index in [1.165, 1.54) is 12.1 Å². The molecule has 5 nitrogen and oxygen atoms in total. The second-order valence-electron chi connectivity index (χ2n) is 6.68. The molecule has 0 fully saturated rings. The van der Waals surface area contributed by atoms with Crippen LogP contribution < -0.4 is 15.0 Å². The molecule has 0 spiro atoms. The molecule has 0 unspecified atom stereocenters. The highest BCUT2D eigenvalue weighted by Gasteiger charge is 2.09. The zero-order chi connectivity index (χ0) is 21.5. The summed E-state index contributed by atoms with van der Waals surface area (Å²) in [6.07, 6.45) is 1.70. The molecular formula is C23H21ClFN3O2. The summed E-state index contributed by atoms with van der Waals surface area (Å²) in [5.41, 5.74) is 2.81. The van der Waals surface area contributed by atoms with E-state index < -0.39 is 11.7 Å². The number of benzene rings is 3. The molecule has 1 N–H and O–H groups in total. The summed E-state index contributed by atoms with van der Waals surface area (Å²) in [6, 6.07) is 18.9. The van der Waals surface area contributed by atoms with Crippen LogP contribution in [0.4, 0.5) is 21.5 Å². The molecule has 0 heterocycles. The SMILES string of the molecule is CN(C)c1ccc(N=Cc2ccc(OCC(=O)Nc3ccccc3F)c(Cl)c2)cc1. The number of hydrogen-bond acceptors (Lipinski definition) is 4. The first-order valence-corrected chi connectivity index (χ1v) is 9.58. The van der Waals surface area contributed by atoms with Gasteiger partial charge < -0.3 is 15.0 Å². The summed E-state index contributed by atoms with van der Waals surface area (Å²) < 4.78 is 19.0. The van der Waals surface area contributed by atoms with Crippen LogP contribution >= 0.6 is 11.6 Å². The van der Waals surface area contributed by atoms with Gasteiger partial charge in [-0.3, -0.25) is 9.79 Å². The van der Waals surface area contributed by atoms with Gasteiger partial charge in [0.1, 0.15) is 11.6 Å². The molecule has 0 saturated heterocycles. The van der Waals surface area contributed by atoms with Crippen molar-refractivity contribution in [1.82, 2.24) is 0 Å². The Morgan fingerprint density at radius 2 is 1.87 bits per heavy atom. The van der Waals surface area contributed by atoms with Crippen molar-refractivity contribution in [3.8, 4) is 5.75 Å². The number of aliphatic imine (C=N–C) groups is 1. The number of nitrogens with one attached hydrogen (secondary N) is 1. The van der Waals surface area contributed by atoms with Gasteiger partial charge in [0.25, 0.3) is 5.91 Å². The number of ether oxygens (including phenoxy) is 1. The number of amides is 1. The van der Waals surface area contributed by atoms with Crippen molar-refractivity contribution in [3.05, 3.63) is 83.1 Å². The molecule has 1 amide bonds. The van der Waals surface area contributed by atoms with E-state index in [0.29, 0.717) is 10.8 Å². The number of para-hydroxylation sites is 1. The molecule has 30 heavy (non-hydrogen) atoms. The smallest absolute Gasteiger partial charge is 0.262 e. The van der Waals surface area contributed by atoms with Gasteiger partial charge in [-0.1, -0.05) is 23.7 Å². The van der Waals surface area contributed by atoms with E-state index in [4.69, 9.17) is 16.3 Å². The Morgan fingerprint density at radius 1 is 1.13 bits per heavy atom. The van der Waals surface area contributed by atoms with Crippen LogP contribution in [-0.4, -0.2) is 32.8 Å². The maximum absolute atomic E-state index is 13.6. The van der Waals surface area contributed by atoms with Gasteiger partial charge in [0.05, 0.1) is 16.4 Å². The van der Waals surface area contributed by atoms with Gasteiger partial charge in [0.15, 0.2) is 6.61 Å². The average molecular weight is 426 g/mol. The first kappa shape index (κ1) is 21.3. The highest BCUT2D eigenvalue weighted by Crippen LogP contribution is 2.25. The lowest BCUT2D eigenvalue weighted by Crippen LogP contribution is -2.20. The minimum Gasteiger partial charge on any atom is -0.482 e. The van der Waals surface area contributed by atoms with E-state index in [1.807, 2.05) is 43.3 Å². The van der Waals surface area contributed by atoms with Crippen LogP contribution in [0.5, 0.6) is 5.75 Å². The summed E-state index contributed by atoms with van der Waals surface area (Å²) >= 11 is 6.25. The Kier molecular flexibility index (Phi) is 7.03. The third kappa shape index (κ3) is 5.81. The van der Waals surface area contributed by atoms with Crippen molar-refractivity contribution >= 4 is 40.8 Å². The number of halogens is 2. The quantitative estimate of drug-likeness (QED) is 0.522. The van der Waals surface area contributed by atoms with E-state index in [0.717, 1.165) is 16.9 Å². The first-order valence-electron chi connectivity index (χ1n) is 9.20. The molecule has 0 atom stereocenters. The summed E-state index contributed by atoms with van der Waals surface area (Å²) in [6.45, 7) is -0.292. The van der Waals surface area contributed by atoms with Gasteiger partial charge in [-0.05, 0) is 60.2 Å². The van der Waals surface area contributed by atoms with E-state index in [-0.39, 0.29) is 12.3 Å². The monoisotopic (exact) mass is 425 g/mol.